The molecule has 158 valence electrons. The highest BCUT2D eigenvalue weighted by Crippen LogP contribution is 2.20. The van der Waals surface area contributed by atoms with Gasteiger partial charge in [-0.15, -0.1) is 11.8 Å². The quantitative estimate of drug-likeness (QED) is 0.265. The van der Waals surface area contributed by atoms with Crippen molar-refractivity contribution in [1.29, 1.82) is 0 Å². The molecule has 0 aliphatic heterocycles. The molecule has 0 aromatic heterocycles. The molecular formula is C24H22ClN3O2S. The van der Waals surface area contributed by atoms with E-state index in [0.29, 0.717) is 34.2 Å². The molecule has 0 fully saturated rings. The largest absolute Gasteiger partial charge is 0.322 e. The van der Waals surface area contributed by atoms with E-state index in [4.69, 9.17) is 11.6 Å². The second-order valence-corrected chi connectivity index (χ2v) is 8.29. The van der Waals surface area contributed by atoms with Crippen LogP contribution in [0.5, 0.6) is 0 Å². The van der Waals surface area contributed by atoms with Gasteiger partial charge in [0.15, 0.2) is 0 Å². The van der Waals surface area contributed by atoms with E-state index in [-0.39, 0.29) is 11.8 Å². The van der Waals surface area contributed by atoms with Gasteiger partial charge in [-0.2, -0.15) is 5.10 Å². The van der Waals surface area contributed by atoms with Gasteiger partial charge in [-0.25, -0.2) is 5.43 Å². The predicted molar refractivity (Wildman–Crippen MR) is 128 cm³/mol. The summed E-state index contributed by atoms with van der Waals surface area (Å²) >= 11 is 7.46. The van der Waals surface area contributed by atoms with Gasteiger partial charge in [0.25, 0.3) is 5.91 Å². The maximum atomic E-state index is 12.3. The van der Waals surface area contributed by atoms with E-state index in [1.54, 1.807) is 30.8 Å². The predicted octanol–water partition coefficient (Wildman–Crippen LogP) is 5.61. The number of benzene rings is 3. The smallest absolute Gasteiger partial charge is 0.255 e. The summed E-state index contributed by atoms with van der Waals surface area (Å²) < 4.78 is 0. The van der Waals surface area contributed by atoms with Crippen LogP contribution in [0.25, 0.3) is 0 Å². The lowest BCUT2D eigenvalue weighted by atomic mass is 10.1. The first-order valence-corrected chi connectivity index (χ1v) is 11.1. The normalized spacial score (nSPS) is 11.1. The minimum absolute atomic E-state index is 0.158. The van der Waals surface area contributed by atoms with Gasteiger partial charge in [-0.05, 0) is 61.0 Å². The summed E-state index contributed by atoms with van der Waals surface area (Å²) in [6.07, 6.45) is 0.344. The maximum Gasteiger partial charge on any atom is 0.255 e. The first kappa shape index (κ1) is 22.6. The van der Waals surface area contributed by atoms with Crippen LogP contribution < -0.4 is 10.7 Å². The highest BCUT2D eigenvalue weighted by Gasteiger charge is 2.07. The topological polar surface area (TPSA) is 70.6 Å². The second-order valence-electron chi connectivity index (χ2n) is 6.69. The van der Waals surface area contributed by atoms with Crippen LogP contribution in [0.4, 0.5) is 5.69 Å². The van der Waals surface area contributed by atoms with E-state index in [0.717, 1.165) is 10.5 Å². The summed E-state index contributed by atoms with van der Waals surface area (Å²) in [7, 11) is 0. The Hall–Kier alpha value is -3.09. The Morgan fingerprint density at radius 3 is 2.39 bits per heavy atom. The number of rotatable bonds is 8. The van der Waals surface area contributed by atoms with Crippen molar-refractivity contribution in [3.63, 3.8) is 0 Å². The van der Waals surface area contributed by atoms with Gasteiger partial charge in [0.05, 0.1) is 5.71 Å². The Bertz CT molecular complexity index is 1070. The minimum Gasteiger partial charge on any atom is -0.322 e. The van der Waals surface area contributed by atoms with E-state index < -0.39 is 0 Å². The van der Waals surface area contributed by atoms with Gasteiger partial charge in [-0.3, -0.25) is 9.59 Å². The Morgan fingerprint density at radius 1 is 0.935 bits per heavy atom. The van der Waals surface area contributed by atoms with Crippen molar-refractivity contribution in [3.8, 4) is 0 Å². The second kappa shape index (κ2) is 11.3. The summed E-state index contributed by atoms with van der Waals surface area (Å²) in [5.41, 5.74) is 5.29. The first-order valence-electron chi connectivity index (χ1n) is 9.69. The zero-order valence-corrected chi connectivity index (χ0v) is 18.5. The average Bonchev–Trinajstić information content (AvgIpc) is 2.79. The molecule has 0 atom stereocenters. The van der Waals surface area contributed by atoms with Gasteiger partial charge in [-0.1, -0.05) is 41.9 Å². The number of carbonyl (C=O) groups is 2. The Labute approximate surface area is 190 Å². The van der Waals surface area contributed by atoms with Crippen LogP contribution in [-0.2, 0) is 4.79 Å². The van der Waals surface area contributed by atoms with Crippen molar-refractivity contribution in [2.24, 2.45) is 5.10 Å². The lowest BCUT2D eigenvalue weighted by Crippen LogP contribution is -2.19. The van der Waals surface area contributed by atoms with Crippen molar-refractivity contribution in [3.05, 3.63) is 95.0 Å². The molecular weight excluding hydrogens is 430 g/mol. The number of hydrazone groups is 1. The molecule has 5 nitrogen and oxygen atoms in total. The third-order valence-electron chi connectivity index (χ3n) is 4.33. The fourth-order valence-electron chi connectivity index (χ4n) is 2.67. The fraction of sp³-hybridized carbons (Fsp3) is 0.125. The molecule has 0 unspecified atom stereocenters. The molecule has 3 rings (SSSR count). The molecule has 0 saturated heterocycles. The van der Waals surface area contributed by atoms with Crippen LogP contribution >= 0.6 is 23.4 Å². The highest BCUT2D eigenvalue weighted by atomic mass is 35.5. The fourth-order valence-corrected chi connectivity index (χ4v) is 3.65. The molecule has 0 heterocycles. The molecule has 0 aliphatic carbocycles. The first-order chi connectivity index (χ1) is 15.0. The molecule has 31 heavy (non-hydrogen) atoms. The van der Waals surface area contributed by atoms with Crippen molar-refractivity contribution < 1.29 is 9.59 Å². The zero-order chi connectivity index (χ0) is 22.1. The summed E-state index contributed by atoms with van der Waals surface area (Å²) in [4.78, 5) is 25.5. The third-order valence-corrected chi connectivity index (χ3v) is 5.60. The number of halogens is 1. The van der Waals surface area contributed by atoms with E-state index in [2.05, 4.69) is 15.8 Å². The van der Waals surface area contributed by atoms with Gasteiger partial charge < -0.3 is 5.32 Å². The number of hydrogen-bond acceptors (Lipinski definition) is 4. The maximum absolute atomic E-state index is 12.3. The number of hydrogen-bond donors (Lipinski definition) is 2. The van der Waals surface area contributed by atoms with Crippen LogP contribution in [0.15, 0.2) is 88.9 Å². The van der Waals surface area contributed by atoms with Crippen LogP contribution in [0.3, 0.4) is 0 Å². The molecule has 2 N–H and O–H groups in total. The lowest BCUT2D eigenvalue weighted by Gasteiger charge is -2.08. The molecule has 0 bridgehead atoms. The van der Waals surface area contributed by atoms with E-state index in [9.17, 15) is 9.59 Å². The molecule has 0 spiro atoms. The Morgan fingerprint density at radius 2 is 1.65 bits per heavy atom. The number of amides is 2. The standard InChI is InChI=1S/C24H22ClN3O2S/c1-17(27-28-23(29)14-15-31-22-12-10-20(25)11-13-22)19-8-5-9-21(16-19)26-24(30)18-6-3-2-4-7-18/h2-13,16H,14-15H2,1H3,(H,26,30)(H,28,29)/b27-17-. The zero-order valence-electron chi connectivity index (χ0n) is 17.0. The molecule has 3 aromatic carbocycles. The van der Waals surface area contributed by atoms with Gasteiger partial charge in [0.1, 0.15) is 0 Å². The van der Waals surface area contributed by atoms with Crippen LogP contribution in [0.1, 0.15) is 29.3 Å². The molecule has 7 heteroatoms. The molecule has 2 amide bonds. The third kappa shape index (κ3) is 7.27. The van der Waals surface area contributed by atoms with Crippen molar-refractivity contribution in [2.75, 3.05) is 11.1 Å². The Balaban J connectivity index is 1.51. The summed E-state index contributed by atoms with van der Waals surface area (Å²) in [5, 5.41) is 7.75. The van der Waals surface area contributed by atoms with Crippen molar-refractivity contribution in [2.45, 2.75) is 18.2 Å². The van der Waals surface area contributed by atoms with Gasteiger partial charge >= 0.3 is 0 Å². The van der Waals surface area contributed by atoms with Gasteiger partial charge in [0.2, 0.25) is 5.91 Å². The molecule has 3 aromatic rings. The summed E-state index contributed by atoms with van der Waals surface area (Å²) in [6, 6.07) is 23.9. The number of nitrogens with zero attached hydrogens (tertiary/aromatic N) is 1. The van der Waals surface area contributed by atoms with Gasteiger partial charge in [0, 0.05) is 33.3 Å². The monoisotopic (exact) mass is 451 g/mol. The van der Waals surface area contributed by atoms with E-state index in [1.807, 2.05) is 66.7 Å². The Kier molecular flexibility index (Phi) is 8.27. The average molecular weight is 452 g/mol. The van der Waals surface area contributed by atoms with Crippen molar-refractivity contribution >= 4 is 46.6 Å². The van der Waals surface area contributed by atoms with Crippen LogP contribution in [0.2, 0.25) is 5.02 Å². The number of nitrogens with one attached hydrogen (secondary N) is 2. The lowest BCUT2D eigenvalue weighted by molar-refractivity contribution is -0.120. The molecule has 0 radical (unpaired) electrons. The van der Waals surface area contributed by atoms with E-state index >= 15 is 0 Å². The number of anilines is 1. The number of thioether (sulfide) groups is 1. The molecule has 0 saturated carbocycles. The highest BCUT2D eigenvalue weighted by molar-refractivity contribution is 7.99. The summed E-state index contributed by atoms with van der Waals surface area (Å²) in [6.45, 7) is 1.81. The molecule has 0 aliphatic rings. The summed E-state index contributed by atoms with van der Waals surface area (Å²) in [5.74, 6) is 0.302. The van der Waals surface area contributed by atoms with Crippen LogP contribution in [-0.4, -0.2) is 23.3 Å². The van der Waals surface area contributed by atoms with Crippen molar-refractivity contribution in [1.82, 2.24) is 5.43 Å². The SMILES string of the molecule is C/C(=N/NC(=O)CCSc1ccc(Cl)cc1)c1cccc(NC(=O)c2ccccc2)c1. The van der Waals surface area contributed by atoms with Crippen LogP contribution in [0, 0.1) is 0 Å². The van der Waals surface area contributed by atoms with E-state index in [1.165, 1.54) is 0 Å². The minimum atomic E-state index is -0.182. The number of carbonyl (C=O) groups excluding carboxylic acids is 2.